The summed E-state index contributed by atoms with van der Waals surface area (Å²) < 4.78 is 13.8. The molecule has 1 heterocycles. The summed E-state index contributed by atoms with van der Waals surface area (Å²) in [6.45, 7) is 5.16. The van der Waals surface area contributed by atoms with Crippen molar-refractivity contribution in [2.24, 2.45) is 0 Å². The number of hydrogen-bond donors (Lipinski definition) is 1. The quantitative estimate of drug-likeness (QED) is 0.797. The van der Waals surface area contributed by atoms with Gasteiger partial charge in [-0.25, -0.2) is 4.39 Å². The smallest absolute Gasteiger partial charge is 0.131 e. The number of thiophene rings is 1. The number of benzene rings is 1. The highest BCUT2D eigenvalue weighted by atomic mass is 32.1. The van der Waals surface area contributed by atoms with E-state index in [1.165, 1.54) is 12.8 Å². The molecule has 0 aliphatic carbocycles. The summed E-state index contributed by atoms with van der Waals surface area (Å²) in [6.07, 6.45) is 2.34. The molecule has 0 saturated heterocycles. The van der Waals surface area contributed by atoms with Gasteiger partial charge < -0.3 is 5.32 Å². The first-order valence-electron chi connectivity index (χ1n) is 6.76. The molecule has 1 atom stereocenters. The van der Waals surface area contributed by atoms with E-state index in [9.17, 15) is 4.39 Å². The summed E-state index contributed by atoms with van der Waals surface area (Å²) in [5.41, 5.74) is 1.84. The Labute approximate surface area is 118 Å². The fourth-order valence-electron chi connectivity index (χ4n) is 2.13. The maximum absolute atomic E-state index is 13.8. The fourth-order valence-corrected chi connectivity index (χ4v) is 2.87. The Hall–Kier alpha value is -1.19. The zero-order valence-corrected chi connectivity index (χ0v) is 12.3. The minimum Gasteiger partial charge on any atom is -0.310 e. The lowest BCUT2D eigenvalue weighted by Gasteiger charge is -2.13. The van der Waals surface area contributed by atoms with Crippen molar-refractivity contribution in [1.29, 1.82) is 0 Å². The van der Waals surface area contributed by atoms with Crippen molar-refractivity contribution in [1.82, 2.24) is 5.32 Å². The van der Waals surface area contributed by atoms with Gasteiger partial charge in [-0.3, -0.25) is 0 Å². The average molecular weight is 277 g/mol. The van der Waals surface area contributed by atoms with Crippen LogP contribution in [-0.4, -0.2) is 6.04 Å². The molecule has 0 radical (unpaired) electrons. The standard InChI is InChI=1S/C16H20FNS/c1-3-5-12(2)18-11-13-7-8-15(17)14(10-13)16-6-4-9-19-16/h4,6-10,12,18H,3,5,11H2,1-2H3. The number of hydrogen-bond acceptors (Lipinski definition) is 2. The van der Waals surface area contributed by atoms with E-state index in [-0.39, 0.29) is 5.82 Å². The van der Waals surface area contributed by atoms with Crippen molar-refractivity contribution in [2.75, 3.05) is 0 Å². The van der Waals surface area contributed by atoms with Gasteiger partial charge in [0.15, 0.2) is 0 Å². The van der Waals surface area contributed by atoms with Crippen molar-refractivity contribution in [3.63, 3.8) is 0 Å². The van der Waals surface area contributed by atoms with E-state index in [4.69, 9.17) is 0 Å². The van der Waals surface area contributed by atoms with E-state index in [0.29, 0.717) is 11.6 Å². The van der Waals surface area contributed by atoms with Crippen LogP contribution in [0.1, 0.15) is 32.3 Å². The van der Waals surface area contributed by atoms with Crippen LogP contribution < -0.4 is 5.32 Å². The molecule has 0 amide bonds. The predicted octanol–water partition coefficient (Wildman–Crippen LogP) is 4.83. The molecule has 19 heavy (non-hydrogen) atoms. The average Bonchev–Trinajstić information content (AvgIpc) is 2.92. The normalized spacial score (nSPS) is 12.6. The first-order valence-corrected chi connectivity index (χ1v) is 7.64. The van der Waals surface area contributed by atoms with Crippen LogP contribution in [0.15, 0.2) is 35.7 Å². The van der Waals surface area contributed by atoms with Gasteiger partial charge in [-0.1, -0.05) is 25.5 Å². The molecule has 1 aromatic carbocycles. The molecular formula is C16H20FNS. The zero-order valence-electron chi connectivity index (χ0n) is 11.4. The molecule has 2 rings (SSSR count). The third kappa shape index (κ3) is 3.88. The SMILES string of the molecule is CCCC(C)NCc1ccc(F)c(-c2cccs2)c1. The van der Waals surface area contributed by atoms with Crippen molar-refractivity contribution < 1.29 is 4.39 Å². The van der Waals surface area contributed by atoms with E-state index >= 15 is 0 Å². The minimum atomic E-state index is -0.146. The third-order valence-corrected chi connectivity index (χ3v) is 4.10. The van der Waals surface area contributed by atoms with Crippen LogP contribution in [0.3, 0.4) is 0 Å². The second kappa shape index (κ2) is 6.83. The topological polar surface area (TPSA) is 12.0 Å². The second-order valence-corrected chi connectivity index (χ2v) is 5.81. The third-order valence-electron chi connectivity index (χ3n) is 3.19. The van der Waals surface area contributed by atoms with Gasteiger partial charge in [-0.05, 0) is 42.5 Å². The lowest BCUT2D eigenvalue weighted by molar-refractivity contribution is 0.508. The molecule has 0 fully saturated rings. The second-order valence-electron chi connectivity index (χ2n) is 4.86. The van der Waals surface area contributed by atoms with Crippen LogP contribution in [0.25, 0.3) is 10.4 Å². The highest BCUT2D eigenvalue weighted by molar-refractivity contribution is 7.13. The van der Waals surface area contributed by atoms with E-state index < -0.39 is 0 Å². The fraction of sp³-hybridized carbons (Fsp3) is 0.375. The Balaban J connectivity index is 2.09. The summed E-state index contributed by atoms with van der Waals surface area (Å²) >= 11 is 1.57. The first-order chi connectivity index (χ1) is 9.20. The molecule has 1 unspecified atom stereocenters. The van der Waals surface area contributed by atoms with Gasteiger partial charge in [-0.2, -0.15) is 0 Å². The van der Waals surface area contributed by atoms with Crippen LogP contribution in [0.2, 0.25) is 0 Å². The van der Waals surface area contributed by atoms with Crippen LogP contribution in [0, 0.1) is 5.82 Å². The molecule has 102 valence electrons. The Bertz CT molecular complexity index is 507. The Morgan fingerprint density at radius 3 is 2.84 bits per heavy atom. The predicted molar refractivity (Wildman–Crippen MR) is 80.9 cm³/mol. The van der Waals surface area contributed by atoms with Crippen LogP contribution in [0.4, 0.5) is 4.39 Å². The van der Waals surface area contributed by atoms with Crippen molar-refractivity contribution in [2.45, 2.75) is 39.3 Å². The molecule has 0 aliphatic heterocycles. The van der Waals surface area contributed by atoms with Gasteiger partial charge in [0.2, 0.25) is 0 Å². The molecule has 0 aliphatic rings. The van der Waals surface area contributed by atoms with Crippen LogP contribution in [-0.2, 0) is 6.54 Å². The molecular weight excluding hydrogens is 257 g/mol. The number of halogens is 1. The molecule has 0 saturated carbocycles. The lowest BCUT2D eigenvalue weighted by Crippen LogP contribution is -2.25. The number of nitrogens with one attached hydrogen (secondary N) is 1. The monoisotopic (exact) mass is 277 g/mol. The van der Waals surface area contributed by atoms with E-state index in [1.807, 2.05) is 29.6 Å². The summed E-state index contributed by atoms with van der Waals surface area (Å²) in [5.74, 6) is -0.146. The largest absolute Gasteiger partial charge is 0.310 e. The zero-order chi connectivity index (χ0) is 13.7. The van der Waals surface area contributed by atoms with Crippen LogP contribution >= 0.6 is 11.3 Å². The van der Waals surface area contributed by atoms with E-state index in [1.54, 1.807) is 17.4 Å². The minimum absolute atomic E-state index is 0.146. The van der Waals surface area contributed by atoms with Gasteiger partial charge in [0.25, 0.3) is 0 Å². The molecule has 1 aromatic heterocycles. The van der Waals surface area contributed by atoms with Crippen molar-refractivity contribution in [3.8, 4) is 10.4 Å². The molecule has 0 spiro atoms. The van der Waals surface area contributed by atoms with E-state index in [2.05, 4.69) is 19.2 Å². The van der Waals surface area contributed by atoms with Gasteiger partial charge in [0.1, 0.15) is 5.82 Å². The molecule has 1 N–H and O–H groups in total. The Morgan fingerprint density at radius 1 is 1.32 bits per heavy atom. The van der Waals surface area contributed by atoms with Gasteiger partial charge in [0, 0.05) is 23.0 Å². The highest BCUT2D eigenvalue weighted by Crippen LogP contribution is 2.28. The highest BCUT2D eigenvalue weighted by Gasteiger charge is 2.08. The lowest BCUT2D eigenvalue weighted by atomic mass is 10.1. The molecule has 2 aromatic rings. The molecule has 0 bridgehead atoms. The van der Waals surface area contributed by atoms with Gasteiger partial charge in [-0.15, -0.1) is 11.3 Å². The molecule has 1 nitrogen and oxygen atoms in total. The Morgan fingerprint density at radius 2 is 2.16 bits per heavy atom. The summed E-state index contributed by atoms with van der Waals surface area (Å²) in [4.78, 5) is 0.987. The van der Waals surface area contributed by atoms with Crippen LogP contribution in [0.5, 0.6) is 0 Å². The summed E-state index contributed by atoms with van der Waals surface area (Å²) in [6, 6.07) is 9.79. The summed E-state index contributed by atoms with van der Waals surface area (Å²) in [7, 11) is 0. The van der Waals surface area contributed by atoms with E-state index in [0.717, 1.165) is 17.0 Å². The maximum atomic E-state index is 13.8. The van der Waals surface area contributed by atoms with Crippen molar-refractivity contribution >= 4 is 11.3 Å². The summed E-state index contributed by atoms with van der Waals surface area (Å²) in [5, 5.41) is 5.45. The van der Waals surface area contributed by atoms with Crippen molar-refractivity contribution in [3.05, 3.63) is 47.1 Å². The van der Waals surface area contributed by atoms with Gasteiger partial charge in [0.05, 0.1) is 0 Å². The Kier molecular flexibility index (Phi) is 5.11. The first kappa shape index (κ1) is 14.2. The number of rotatable bonds is 6. The molecule has 3 heteroatoms. The van der Waals surface area contributed by atoms with Gasteiger partial charge >= 0.3 is 0 Å². The maximum Gasteiger partial charge on any atom is 0.131 e.